The highest BCUT2D eigenvalue weighted by atomic mass is 16.6. The standard InChI is InChI=1S/C23H24N2O6/c26-22(16-2-4-18-20(14-16)30-12-10-28-18)24-6-1-7-25(9-8-24)23(27)17-3-5-19-21(15-17)31-13-11-29-19/h2-5,14-15H,1,6-13H2. The maximum atomic E-state index is 13.0. The molecule has 5 rings (SSSR count). The second-order valence-corrected chi connectivity index (χ2v) is 7.65. The zero-order chi connectivity index (χ0) is 21.2. The van der Waals surface area contributed by atoms with Gasteiger partial charge >= 0.3 is 0 Å². The molecule has 2 aromatic rings. The molecule has 2 aromatic carbocycles. The minimum atomic E-state index is -0.0643. The lowest BCUT2D eigenvalue weighted by atomic mass is 10.1. The maximum absolute atomic E-state index is 13.0. The average molecular weight is 424 g/mol. The van der Waals surface area contributed by atoms with Crippen molar-refractivity contribution in [2.45, 2.75) is 6.42 Å². The van der Waals surface area contributed by atoms with Gasteiger partial charge in [-0.05, 0) is 42.8 Å². The normalized spacial score (nSPS) is 17.7. The Labute approximate surface area is 180 Å². The first-order chi connectivity index (χ1) is 15.2. The number of carbonyl (C=O) groups excluding carboxylic acids is 2. The highest BCUT2D eigenvalue weighted by Gasteiger charge is 2.25. The first-order valence-corrected chi connectivity index (χ1v) is 10.6. The largest absolute Gasteiger partial charge is 0.486 e. The molecule has 0 bridgehead atoms. The molecule has 0 radical (unpaired) electrons. The van der Waals surface area contributed by atoms with Crippen LogP contribution >= 0.6 is 0 Å². The fraction of sp³-hybridized carbons (Fsp3) is 0.391. The van der Waals surface area contributed by atoms with Crippen molar-refractivity contribution in [2.24, 2.45) is 0 Å². The second-order valence-electron chi connectivity index (χ2n) is 7.65. The van der Waals surface area contributed by atoms with Gasteiger partial charge in [-0.15, -0.1) is 0 Å². The smallest absolute Gasteiger partial charge is 0.254 e. The molecule has 8 heteroatoms. The SMILES string of the molecule is O=C(c1ccc2c(c1)OCCO2)N1CCCN(C(=O)c2ccc3c(c2)OCCO3)CC1. The first kappa shape index (κ1) is 19.5. The molecule has 0 aliphatic carbocycles. The molecule has 0 saturated carbocycles. The second kappa shape index (κ2) is 8.37. The molecule has 1 saturated heterocycles. The number of amides is 2. The van der Waals surface area contributed by atoms with Crippen LogP contribution in [-0.2, 0) is 0 Å². The lowest BCUT2D eigenvalue weighted by Crippen LogP contribution is -2.37. The van der Waals surface area contributed by atoms with E-state index in [-0.39, 0.29) is 11.8 Å². The summed E-state index contributed by atoms with van der Waals surface area (Å²) in [5.41, 5.74) is 1.13. The minimum Gasteiger partial charge on any atom is -0.486 e. The molecule has 3 aliphatic heterocycles. The van der Waals surface area contributed by atoms with Crippen molar-refractivity contribution < 1.29 is 28.5 Å². The Hall–Kier alpha value is -3.42. The monoisotopic (exact) mass is 424 g/mol. The predicted octanol–water partition coefficient (Wildman–Crippen LogP) is 2.22. The summed E-state index contributed by atoms with van der Waals surface area (Å²) >= 11 is 0. The summed E-state index contributed by atoms with van der Waals surface area (Å²) < 4.78 is 22.3. The summed E-state index contributed by atoms with van der Waals surface area (Å²) in [7, 11) is 0. The fourth-order valence-electron chi connectivity index (χ4n) is 4.04. The molecule has 0 N–H and O–H groups in total. The Morgan fingerprint density at radius 1 is 0.581 bits per heavy atom. The van der Waals surface area contributed by atoms with Crippen molar-refractivity contribution in [1.82, 2.24) is 9.80 Å². The molecule has 1 fully saturated rings. The van der Waals surface area contributed by atoms with Gasteiger partial charge in [0.05, 0.1) is 0 Å². The van der Waals surface area contributed by atoms with E-state index in [2.05, 4.69) is 0 Å². The van der Waals surface area contributed by atoms with Crippen LogP contribution in [0.2, 0.25) is 0 Å². The van der Waals surface area contributed by atoms with Gasteiger partial charge in [0, 0.05) is 37.3 Å². The maximum Gasteiger partial charge on any atom is 0.254 e. The molecule has 0 spiro atoms. The van der Waals surface area contributed by atoms with Crippen molar-refractivity contribution in [2.75, 3.05) is 52.6 Å². The van der Waals surface area contributed by atoms with Gasteiger partial charge in [0.1, 0.15) is 26.4 Å². The Kier molecular flexibility index (Phi) is 5.28. The van der Waals surface area contributed by atoms with Gasteiger partial charge < -0.3 is 28.7 Å². The number of nitrogens with zero attached hydrogens (tertiary/aromatic N) is 2. The molecule has 0 atom stereocenters. The van der Waals surface area contributed by atoms with Crippen molar-refractivity contribution in [3.63, 3.8) is 0 Å². The summed E-state index contributed by atoms with van der Waals surface area (Å²) in [5, 5.41) is 0. The number of benzene rings is 2. The van der Waals surface area contributed by atoms with Crippen molar-refractivity contribution in [3.8, 4) is 23.0 Å². The number of ether oxygens (including phenoxy) is 4. The lowest BCUT2D eigenvalue weighted by Gasteiger charge is -2.24. The van der Waals surface area contributed by atoms with Gasteiger partial charge in [0.2, 0.25) is 0 Å². The summed E-state index contributed by atoms with van der Waals surface area (Å²) in [6.07, 6.45) is 0.715. The molecule has 31 heavy (non-hydrogen) atoms. The van der Waals surface area contributed by atoms with Crippen LogP contribution in [0.1, 0.15) is 27.1 Å². The Morgan fingerprint density at radius 3 is 1.45 bits per heavy atom. The van der Waals surface area contributed by atoms with E-state index in [1.807, 2.05) is 0 Å². The van der Waals surface area contributed by atoms with Crippen LogP contribution in [-0.4, -0.2) is 74.2 Å². The number of hydrogen-bond donors (Lipinski definition) is 0. The summed E-state index contributed by atoms with van der Waals surface area (Å²) in [4.78, 5) is 29.7. The van der Waals surface area contributed by atoms with E-state index in [0.717, 1.165) is 0 Å². The fourth-order valence-corrected chi connectivity index (χ4v) is 4.04. The van der Waals surface area contributed by atoms with Crippen molar-refractivity contribution in [1.29, 1.82) is 0 Å². The van der Waals surface area contributed by atoms with Gasteiger partial charge in [-0.2, -0.15) is 0 Å². The van der Waals surface area contributed by atoms with E-state index < -0.39 is 0 Å². The van der Waals surface area contributed by atoms with E-state index in [1.165, 1.54) is 0 Å². The van der Waals surface area contributed by atoms with E-state index >= 15 is 0 Å². The quantitative estimate of drug-likeness (QED) is 0.736. The average Bonchev–Trinajstić information content (AvgIpc) is 3.09. The molecular formula is C23H24N2O6. The molecule has 3 aliphatic rings. The lowest BCUT2D eigenvalue weighted by molar-refractivity contribution is 0.0717. The molecule has 8 nitrogen and oxygen atoms in total. The highest BCUT2D eigenvalue weighted by molar-refractivity contribution is 5.96. The summed E-state index contributed by atoms with van der Waals surface area (Å²) in [5.74, 6) is 2.39. The third-order valence-corrected chi connectivity index (χ3v) is 5.65. The molecule has 162 valence electrons. The van der Waals surface area contributed by atoms with Crippen LogP contribution in [0.25, 0.3) is 0 Å². The minimum absolute atomic E-state index is 0.0643. The van der Waals surface area contributed by atoms with Gasteiger partial charge in [0.25, 0.3) is 11.8 Å². The predicted molar refractivity (Wildman–Crippen MR) is 111 cm³/mol. The number of carbonyl (C=O) groups is 2. The number of hydrogen-bond acceptors (Lipinski definition) is 6. The van der Waals surface area contributed by atoms with Crippen molar-refractivity contribution in [3.05, 3.63) is 47.5 Å². The third kappa shape index (κ3) is 3.97. The van der Waals surface area contributed by atoms with Gasteiger partial charge in [0.15, 0.2) is 23.0 Å². The van der Waals surface area contributed by atoms with Gasteiger partial charge in [-0.1, -0.05) is 0 Å². The molecule has 3 heterocycles. The summed E-state index contributed by atoms with van der Waals surface area (Å²) in [6, 6.07) is 10.5. The molecule has 0 aromatic heterocycles. The summed E-state index contributed by atoms with van der Waals surface area (Å²) in [6.45, 7) is 4.12. The zero-order valence-electron chi connectivity index (χ0n) is 17.2. The highest BCUT2D eigenvalue weighted by Crippen LogP contribution is 2.32. The van der Waals surface area contributed by atoms with Crippen LogP contribution in [0.3, 0.4) is 0 Å². The van der Waals surface area contributed by atoms with E-state index in [9.17, 15) is 9.59 Å². The number of fused-ring (bicyclic) bond motifs is 2. The Balaban J connectivity index is 1.26. The molecule has 2 amide bonds. The zero-order valence-corrected chi connectivity index (χ0v) is 17.2. The third-order valence-electron chi connectivity index (χ3n) is 5.65. The molecule has 0 unspecified atom stereocenters. The van der Waals surface area contributed by atoms with Gasteiger partial charge in [-0.3, -0.25) is 9.59 Å². The number of rotatable bonds is 2. The Bertz CT molecular complexity index is 928. The van der Waals surface area contributed by atoms with Crippen LogP contribution in [0.15, 0.2) is 36.4 Å². The van der Waals surface area contributed by atoms with E-state index in [4.69, 9.17) is 18.9 Å². The van der Waals surface area contributed by atoms with Crippen LogP contribution in [0.5, 0.6) is 23.0 Å². The van der Waals surface area contributed by atoms with Crippen LogP contribution < -0.4 is 18.9 Å². The van der Waals surface area contributed by atoms with E-state index in [0.29, 0.717) is 93.2 Å². The first-order valence-electron chi connectivity index (χ1n) is 10.6. The van der Waals surface area contributed by atoms with E-state index in [1.54, 1.807) is 46.2 Å². The Morgan fingerprint density at radius 2 is 1.00 bits per heavy atom. The van der Waals surface area contributed by atoms with Crippen molar-refractivity contribution >= 4 is 11.8 Å². The van der Waals surface area contributed by atoms with Crippen LogP contribution in [0, 0.1) is 0 Å². The van der Waals surface area contributed by atoms with Crippen LogP contribution in [0.4, 0.5) is 0 Å². The van der Waals surface area contributed by atoms with Gasteiger partial charge in [-0.25, -0.2) is 0 Å². The molecular weight excluding hydrogens is 400 g/mol. The topological polar surface area (TPSA) is 77.5 Å².